The van der Waals surface area contributed by atoms with Gasteiger partial charge in [-0.25, -0.2) is 9.78 Å². The van der Waals surface area contributed by atoms with Gasteiger partial charge in [-0.2, -0.15) is 0 Å². The number of fused-ring (bicyclic) bond motifs is 1. The molecule has 2 aromatic carbocycles. The zero-order valence-electron chi connectivity index (χ0n) is 18.6. The molecular formula is C24H29ClN4O2. The lowest BCUT2D eigenvalue weighted by Crippen LogP contribution is -2.40. The van der Waals surface area contributed by atoms with E-state index < -0.39 is 6.04 Å². The van der Waals surface area contributed by atoms with Crippen molar-refractivity contribution in [1.29, 1.82) is 0 Å². The maximum Gasteiger partial charge on any atom is 0.322 e. The molecule has 0 saturated carbocycles. The molecule has 0 spiro atoms. The molecule has 1 heterocycles. The first kappa shape index (κ1) is 22.8. The van der Waals surface area contributed by atoms with Gasteiger partial charge in [0, 0.05) is 24.3 Å². The van der Waals surface area contributed by atoms with Crippen LogP contribution < -0.4 is 10.9 Å². The molecule has 2 amide bonds. The Bertz CT molecular complexity index is 1140. The second kappa shape index (κ2) is 9.52. The Morgan fingerprint density at radius 1 is 1.16 bits per heavy atom. The van der Waals surface area contributed by atoms with Crippen LogP contribution in [0.15, 0.2) is 47.3 Å². The highest BCUT2D eigenvalue weighted by molar-refractivity contribution is 6.31. The Balaban J connectivity index is 1.92. The van der Waals surface area contributed by atoms with Gasteiger partial charge >= 0.3 is 6.03 Å². The summed E-state index contributed by atoms with van der Waals surface area (Å²) in [6.45, 7) is 8.69. The molecule has 164 valence electrons. The minimum absolute atomic E-state index is 0.162. The molecular weight excluding hydrogens is 412 g/mol. The van der Waals surface area contributed by atoms with E-state index in [0.717, 1.165) is 12.1 Å². The number of hydrogen-bond acceptors (Lipinski definition) is 3. The average Bonchev–Trinajstić information content (AvgIpc) is 2.74. The van der Waals surface area contributed by atoms with E-state index in [1.54, 1.807) is 30.1 Å². The predicted molar refractivity (Wildman–Crippen MR) is 127 cm³/mol. The first-order chi connectivity index (χ1) is 14.7. The van der Waals surface area contributed by atoms with Crippen LogP contribution in [-0.4, -0.2) is 27.0 Å². The third-order valence-electron chi connectivity index (χ3n) is 5.47. The second-order valence-corrected chi connectivity index (χ2v) is 8.51. The van der Waals surface area contributed by atoms with Crippen molar-refractivity contribution in [2.75, 3.05) is 11.9 Å². The molecule has 1 N–H and O–H groups in total. The van der Waals surface area contributed by atoms with Crippen LogP contribution in [0.1, 0.15) is 57.5 Å². The molecule has 1 aromatic heterocycles. The van der Waals surface area contributed by atoms with Gasteiger partial charge in [-0.15, -0.1) is 0 Å². The van der Waals surface area contributed by atoms with Gasteiger partial charge in [0.05, 0.1) is 16.9 Å². The van der Waals surface area contributed by atoms with Gasteiger partial charge < -0.3 is 10.2 Å². The van der Waals surface area contributed by atoms with Gasteiger partial charge in [0.25, 0.3) is 5.56 Å². The van der Waals surface area contributed by atoms with Crippen LogP contribution in [0.25, 0.3) is 10.9 Å². The minimum atomic E-state index is -0.407. The maximum absolute atomic E-state index is 13.1. The molecule has 0 saturated heterocycles. The van der Waals surface area contributed by atoms with E-state index in [-0.39, 0.29) is 11.6 Å². The highest BCUT2D eigenvalue weighted by Gasteiger charge is 2.25. The largest absolute Gasteiger partial charge is 0.322 e. The number of carbonyl (C=O) groups excluding carboxylic acids is 1. The monoisotopic (exact) mass is 440 g/mol. The molecule has 3 aromatic rings. The fraction of sp³-hybridized carbons (Fsp3) is 0.375. The van der Waals surface area contributed by atoms with Crippen molar-refractivity contribution >= 4 is 34.2 Å². The number of urea groups is 1. The van der Waals surface area contributed by atoms with E-state index in [0.29, 0.717) is 34.2 Å². The standard InChI is InChI=1S/C24H29ClN4O2/c1-6-13-29(24(31)26-19-10-7-17(8-11-19)15(2)3)16(4)22-27-21-14-18(25)9-12-20(21)23(30)28(22)5/h7-12,14-16H,6,13H2,1-5H3,(H,26,31). The topological polar surface area (TPSA) is 67.2 Å². The molecule has 0 aliphatic heterocycles. The van der Waals surface area contributed by atoms with Gasteiger partial charge in [-0.3, -0.25) is 9.36 Å². The quantitative estimate of drug-likeness (QED) is 0.533. The minimum Gasteiger partial charge on any atom is -0.315 e. The summed E-state index contributed by atoms with van der Waals surface area (Å²) >= 11 is 6.10. The lowest BCUT2D eigenvalue weighted by atomic mass is 10.0. The number of nitrogens with zero attached hydrogens (tertiary/aromatic N) is 3. The Kier molecular flexibility index (Phi) is 7.01. The number of amides is 2. The van der Waals surface area contributed by atoms with Crippen LogP contribution in [0.4, 0.5) is 10.5 Å². The van der Waals surface area contributed by atoms with Crippen LogP contribution in [0, 0.1) is 0 Å². The zero-order valence-corrected chi connectivity index (χ0v) is 19.4. The number of hydrogen-bond donors (Lipinski definition) is 1. The molecule has 0 bridgehead atoms. The van der Waals surface area contributed by atoms with E-state index in [9.17, 15) is 9.59 Å². The molecule has 7 heteroatoms. The Morgan fingerprint density at radius 2 is 1.84 bits per heavy atom. The molecule has 6 nitrogen and oxygen atoms in total. The van der Waals surface area contributed by atoms with Gasteiger partial charge in [0.1, 0.15) is 5.82 Å². The Labute approximate surface area is 187 Å². The highest BCUT2D eigenvalue weighted by Crippen LogP contribution is 2.23. The van der Waals surface area contributed by atoms with Crippen molar-refractivity contribution in [3.8, 4) is 0 Å². The third kappa shape index (κ3) is 4.90. The number of carbonyl (C=O) groups is 1. The van der Waals surface area contributed by atoms with Crippen molar-refractivity contribution in [3.05, 3.63) is 69.2 Å². The molecule has 0 fully saturated rings. The Morgan fingerprint density at radius 3 is 2.45 bits per heavy atom. The summed E-state index contributed by atoms with van der Waals surface area (Å²) in [4.78, 5) is 32.4. The fourth-order valence-electron chi connectivity index (χ4n) is 3.63. The van der Waals surface area contributed by atoms with Crippen molar-refractivity contribution in [2.24, 2.45) is 7.05 Å². The number of rotatable bonds is 6. The van der Waals surface area contributed by atoms with Crippen molar-refractivity contribution in [1.82, 2.24) is 14.5 Å². The first-order valence-electron chi connectivity index (χ1n) is 10.6. The molecule has 0 aliphatic carbocycles. The van der Waals surface area contributed by atoms with E-state index in [4.69, 9.17) is 11.6 Å². The second-order valence-electron chi connectivity index (χ2n) is 8.07. The summed E-state index contributed by atoms with van der Waals surface area (Å²) < 4.78 is 1.51. The normalized spacial score (nSPS) is 12.2. The summed E-state index contributed by atoms with van der Waals surface area (Å²) in [5.41, 5.74) is 2.31. The van der Waals surface area contributed by atoms with Crippen molar-refractivity contribution in [3.63, 3.8) is 0 Å². The number of nitrogens with one attached hydrogen (secondary N) is 1. The van der Waals surface area contributed by atoms with Crippen LogP contribution in [0.3, 0.4) is 0 Å². The van der Waals surface area contributed by atoms with Crippen molar-refractivity contribution in [2.45, 2.75) is 46.1 Å². The predicted octanol–water partition coefficient (Wildman–Crippen LogP) is 5.72. The first-order valence-corrected chi connectivity index (χ1v) is 10.9. The molecule has 0 radical (unpaired) electrons. The fourth-order valence-corrected chi connectivity index (χ4v) is 3.80. The lowest BCUT2D eigenvalue weighted by molar-refractivity contribution is 0.189. The van der Waals surface area contributed by atoms with Gasteiger partial charge in [-0.1, -0.05) is 44.5 Å². The van der Waals surface area contributed by atoms with E-state index in [1.165, 1.54) is 10.1 Å². The number of aromatic nitrogens is 2. The van der Waals surface area contributed by atoms with E-state index in [2.05, 4.69) is 24.1 Å². The van der Waals surface area contributed by atoms with Gasteiger partial charge in [0.2, 0.25) is 0 Å². The number of halogens is 1. The smallest absolute Gasteiger partial charge is 0.315 e. The van der Waals surface area contributed by atoms with Crippen LogP contribution in [0.2, 0.25) is 5.02 Å². The number of anilines is 1. The van der Waals surface area contributed by atoms with E-state index in [1.807, 2.05) is 38.1 Å². The summed E-state index contributed by atoms with van der Waals surface area (Å²) in [5.74, 6) is 0.939. The lowest BCUT2D eigenvalue weighted by Gasteiger charge is -2.30. The summed E-state index contributed by atoms with van der Waals surface area (Å²) in [6, 6.07) is 12.3. The maximum atomic E-state index is 13.1. The van der Waals surface area contributed by atoms with Gasteiger partial charge in [-0.05, 0) is 55.2 Å². The van der Waals surface area contributed by atoms with Crippen LogP contribution >= 0.6 is 11.6 Å². The van der Waals surface area contributed by atoms with Crippen molar-refractivity contribution < 1.29 is 4.79 Å². The van der Waals surface area contributed by atoms with Crippen LogP contribution in [-0.2, 0) is 7.05 Å². The summed E-state index contributed by atoms with van der Waals surface area (Å²) in [6.07, 6.45) is 0.775. The van der Waals surface area contributed by atoms with Gasteiger partial charge in [0.15, 0.2) is 0 Å². The highest BCUT2D eigenvalue weighted by atomic mass is 35.5. The molecule has 3 rings (SSSR count). The molecule has 1 unspecified atom stereocenters. The third-order valence-corrected chi connectivity index (χ3v) is 5.70. The average molecular weight is 441 g/mol. The number of benzene rings is 2. The summed E-state index contributed by atoms with van der Waals surface area (Å²) in [5, 5.41) is 3.99. The molecule has 31 heavy (non-hydrogen) atoms. The van der Waals surface area contributed by atoms with E-state index >= 15 is 0 Å². The SMILES string of the molecule is CCCN(C(=O)Nc1ccc(C(C)C)cc1)C(C)c1nc2cc(Cl)ccc2c(=O)n1C. The Hall–Kier alpha value is -2.86. The summed E-state index contributed by atoms with van der Waals surface area (Å²) in [7, 11) is 1.68. The molecule has 0 aliphatic rings. The van der Waals surface area contributed by atoms with Crippen LogP contribution in [0.5, 0.6) is 0 Å². The zero-order chi connectivity index (χ0) is 22.7. The molecule has 1 atom stereocenters.